The lowest BCUT2D eigenvalue weighted by Crippen LogP contribution is -2.22. The van der Waals surface area contributed by atoms with E-state index in [9.17, 15) is 9.59 Å². The van der Waals surface area contributed by atoms with Crippen LogP contribution in [0.5, 0.6) is 11.5 Å². The molecule has 0 amide bonds. The van der Waals surface area contributed by atoms with Gasteiger partial charge in [-0.3, -0.25) is 4.79 Å². The van der Waals surface area contributed by atoms with Crippen LogP contribution >= 0.6 is 11.6 Å². The molecule has 0 fully saturated rings. The van der Waals surface area contributed by atoms with Gasteiger partial charge in [-0.05, 0) is 36.8 Å². The van der Waals surface area contributed by atoms with Crippen LogP contribution in [0.3, 0.4) is 0 Å². The van der Waals surface area contributed by atoms with Gasteiger partial charge in [0, 0.05) is 11.1 Å². The minimum atomic E-state index is -1.08. The molecule has 24 heavy (non-hydrogen) atoms. The van der Waals surface area contributed by atoms with Gasteiger partial charge >= 0.3 is 5.97 Å². The maximum absolute atomic E-state index is 12.4. The van der Waals surface area contributed by atoms with Crippen molar-refractivity contribution >= 4 is 29.4 Å². The highest BCUT2D eigenvalue weighted by Gasteiger charge is 2.28. The predicted molar refractivity (Wildman–Crippen MR) is 88.6 cm³/mol. The number of allylic oxidation sites excluding steroid dienone is 1. The number of ketones is 1. The highest BCUT2D eigenvalue weighted by atomic mass is 35.5. The van der Waals surface area contributed by atoms with Gasteiger partial charge < -0.3 is 14.6 Å². The van der Waals surface area contributed by atoms with Crippen LogP contribution in [0.25, 0.3) is 6.08 Å². The number of carboxylic acids is 1. The number of fused-ring (bicyclic) bond motifs is 1. The van der Waals surface area contributed by atoms with Crippen molar-refractivity contribution in [2.24, 2.45) is 0 Å². The summed E-state index contributed by atoms with van der Waals surface area (Å²) in [6.07, 6.45) is 0.573. The Balaban J connectivity index is 1.88. The Morgan fingerprint density at radius 2 is 2.04 bits per heavy atom. The summed E-state index contributed by atoms with van der Waals surface area (Å²) in [5.41, 5.74) is 1.06. The molecule has 0 aromatic heterocycles. The van der Waals surface area contributed by atoms with Crippen molar-refractivity contribution in [2.45, 2.75) is 13.0 Å². The van der Waals surface area contributed by atoms with E-state index in [4.69, 9.17) is 26.2 Å². The Morgan fingerprint density at radius 3 is 2.75 bits per heavy atom. The van der Waals surface area contributed by atoms with Crippen LogP contribution in [0.2, 0.25) is 5.02 Å². The fraction of sp³-hybridized carbons (Fsp3) is 0.111. The smallest absolute Gasteiger partial charge is 0.344 e. The van der Waals surface area contributed by atoms with Crippen molar-refractivity contribution in [3.63, 3.8) is 0 Å². The standard InChI is InChI=1S/C18H13ClO5/c1-10(18(21)22)23-12-6-7-13-15(9-12)24-16(17(13)20)8-11-4-2-3-5-14(11)19/h2-10H,1H3,(H,21,22). The molecule has 0 saturated carbocycles. The van der Waals surface area contributed by atoms with Gasteiger partial charge in [0.05, 0.1) is 5.56 Å². The van der Waals surface area contributed by atoms with Crippen LogP contribution in [0.1, 0.15) is 22.8 Å². The molecule has 0 aliphatic carbocycles. The summed E-state index contributed by atoms with van der Waals surface area (Å²) < 4.78 is 10.9. The lowest BCUT2D eigenvalue weighted by atomic mass is 10.1. The quantitative estimate of drug-likeness (QED) is 0.854. The number of aliphatic carboxylic acids is 1. The second-order valence-corrected chi connectivity index (χ2v) is 5.62. The molecule has 0 saturated heterocycles. The maximum atomic E-state index is 12.4. The molecule has 3 rings (SSSR count). The van der Waals surface area contributed by atoms with E-state index in [2.05, 4.69) is 0 Å². The normalized spacial score (nSPS) is 15.8. The lowest BCUT2D eigenvalue weighted by Gasteiger charge is -2.10. The van der Waals surface area contributed by atoms with E-state index in [1.54, 1.807) is 30.3 Å². The maximum Gasteiger partial charge on any atom is 0.344 e. The van der Waals surface area contributed by atoms with Gasteiger partial charge in [0.2, 0.25) is 5.78 Å². The summed E-state index contributed by atoms with van der Waals surface area (Å²) in [5.74, 6) is -0.542. The second-order valence-electron chi connectivity index (χ2n) is 5.22. The molecule has 2 aromatic rings. The highest BCUT2D eigenvalue weighted by molar-refractivity contribution is 6.32. The van der Waals surface area contributed by atoms with Crippen molar-refractivity contribution in [1.29, 1.82) is 0 Å². The molecule has 1 aliphatic heterocycles. The number of hydrogen-bond donors (Lipinski definition) is 1. The first-order valence-electron chi connectivity index (χ1n) is 7.18. The molecule has 2 aromatic carbocycles. The zero-order chi connectivity index (χ0) is 17.3. The Kier molecular flexibility index (Phi) is 4.27. The minimum absolute atomic E-state index is 0.154. The van der Waals surface area contributed by atoms with Gasteiger partial charge in [0.1, 0.15) is 11.5 Å². The van der Waals surface area contributed by atoms with E-state index in [1.807, 2.05) is 6.07 Å². The van der Waals surface area contributed by atoms with Crippen molar-refractivity contribution in [2.75, 3.05) is 0 Å². The molecule has 1 unspecified atom stereocenters. The van der Waals surface area contributed by atoms with Gasteiger partial charge in [0.25, 0.3) is 0 Å². The molecule has 6 heteroatoms. The lowest BCUT2D eigenvalue weighted by molar-refractivity contribution is -0.144. The van der Waals surface area contributed by atoms with E-state index < -0.39 is 12.1 Å². The van der Waals surface area contributed by atoms with Crippen LogP contribution < -0.4 is 9.47 Å². The summed E-state index contributed by atoms with van der Waals surface area (Å²) >= 11 is 6.09. The summed E-state index contributed by atoms with van der Waals surface area (Å²) in [4.78, 5) is 23.2. The molecule has 1 heterocycles. The molecule has 1 N–H and O–H groups in total. The minimum Gasteiger partial charge on any atom is -0.479 e. The number of benzene rings is 2. The average Bonchev–Trinajstić information content (AvgIpc) is 2.85. The number of Topliss-reactive ketones (excluding diaryl/α,β-unsaturated/α-hetero) is 1. The first-order chi connectivity index (χ1) is 11.5. The van der Waals surface area contributed by atoms with Crippen molar-refractivity contribution in [3.05, 3.63) is 64.4 Å². The van der Waals surface area contributed by atoms with Crippen LogP contribution in [-0.4, -0.2) is 23.0 Å². The van der Waals surface area contributed by atoms with E-state index in [-0.39, 0.29) is 11.5 Å². The molecule has 5 nitrogen and oxygen atoms in total. The third-order valence-corrected chi connectivity index (χ3v) is 3.84. The number of carbonyl (C=O) groups is 2. The summed E-state index contributed by atoms with van der Waals surface area (Å²) in [7, 11) is 0. The molecule has 0 spiro atoms. The SMILES string of the molecule is CC(Oc1ccc2c(c1)OC(=Cc1ccccc1Cl)C2=O)C(=O)O. The first-order valence-corrected chi connectivity index (χ1v) is 7.56. The zero-order valence-corrected chi connectivity index (χ0v) is 13.4. The second kappa shape index (κ2) is 6.37. The Morgan fingerprint density at radius 1 is 1.29 bits per heavy atom. The summed E-state index contributed by atoms with van der Waals surface area (Å²) in [6.45, 7) is 1.42. The van der Waals surface area contributed by atoms with Crippen LogP contribution in [0, 0.1) is 0 Å². The fourth-order valence-corrected chi connectivity index (χ4v) is 2.42. The summed E-state index contributed by atoms with van der Waals surface area (Å²) in [5, 5.41) is 9.39. The number of rotatable bonds is 4. The van der Waals surface area contributed by atoms with Crippen molar-refractivity contribution in [1.82, 2.24) is 0 Å². The van der Waals surface area contributed by atoms with Crippen LogP contribution in [0.4, 0.5) is 0 Å². The largest absolute Gasteiger partial charge is 0.479 e. The third kappa shape index (κ3) is 3.12. The van der Waals surface area contributed by atoms with Crippen molar-refractivity contribution in [3.8, 4) is 11.5 Å². The van der Waals surface area contributed by atoms with Crippen LogP contribution in [0.15, 0.2) is 48.2 Å². The van der Waals surface area contributed by atoms with Gasteiger partial charge in [-0.1, -0.05) is 29.8 Å². The molecule has 122 valence electrons. The zero-order valence-electron chi connectivity index (χ0n) is 12.7. The van der Waals surface area contributed by atoms with E-state index in [0.29, 0.717) is 27.6 Å². The van der Waals surface area contributed by atoms with Crippen molar-refractivity contribution < 1.29 is 24.2 Å². The van der Waals surface area contributed by atoms with Gasteiger partial charge in [0.15, 0.2) is 11.9 Å². The Bertz CT molecular complexity index is 856. The predicted octanol–water partition coefficient (Wildman–Crippen LogP) is 3.81. The first kappa shape index (κ1) is 16.1. The molecule has 0 radical (unpaired) electrons. The Labute approximate surface area is 143 Å². The number of halogens is 1. The molecular formula is C18H13ClO5. The molecule has 1 aliphatic rings. The van der Waals surface area contributed by atoms with Crippen LogP contribution in [-0.2, 0) is 4.79 Å². The number of hydrogen-bond acceptors (Lipinski definition) is 4. The number of carbonyl (C=O) groups excluding carboxylic acids is 1. The highest BCUT2D eigenvalue weighted by Crippen LogP contribution is 2.35. The topological polar surface area (TPSA) is 72.8 Å². The van der Waals surface area contributed by atoms with E-state index >= 15 is 0 Å². The van der Waals surface area contributed by atoms with E-state index in [0.717, 1.165) is 0 Å². The number of ether oxygens (including phenoxy) is 2. The van der Waals surface area contributed by atoms with Gasteiger partial charge in [-0.2, -0.15) is 0 Å². The third-order valence-electron chi connectivity index (χ3n) is 3.49. The van der Waals surface area contributed by atoms with Gasteiger partial charge in [-0.25, -0.2) is 4.79 Å². The molecule has 0 bridgehead atoms. The molecular weight excluding hydrogens is 332 g/mol. The Hall–Kier alpha value is -2.79. The monoisotopic (exact) mass is 344 g/mol. The average molecular weight is 345 g/mol. The molecule has 1 atom stereocenters. The fourth-order valence-electron chi connectivity index (χ4n) is 2.23. The van der Waals surface area contributed by atoms with E-state index in [1.165, 1.54) is 19.1 Å². The van der Waals surface area contributed by atoms with Gasteiger partial charge in [-0.15, -0.1) is 0 Å². The number of carboxylic acid groups (broad SMARTS) is 1. The summed E-state index contributed by atoms with van der Waals surface area (Å²) in [6, 6.07) is 11.7.